The highest BCUT2D eigenvalue weighted by Crippen LogP contribution is 2.30. The molecule has 1 aromatic heterocycles. The van der Waals surface area contributed by atoms with Gasteiger partial charge in [0.2, 0.25) is 15.0 Å². The molecule has 0 amide bonds. The molecule has 176 valence electrons. The summed E-state index contributed by atoms with van der Waals surface area (Å²) in [5, 5.41) is -0.352. The van der Waals surface area contributed by atoms with Gasteiger partial charge in [0.25, 0.3) is 0 Å². The Morgan fingerprint density at radius 3 is 2.44 bits per heavy atom. The van der Waals surface area contributed by atoms with Gasteiger partial charge in [-0.05, 0) is 35.9 Å². The molecule has 0 unspecified atom stereocenters. The molecule has 0 aliphatic carbocycles. The SMILES string of the molecule is COc1ccc(CN2C=C(c3cc(-c4ccccc4F)nc(S(C)(=O)=O)n3)C=CC2)cc1OC. The molecule has 3 aromatic rings. The van der Waals surface area contributed by atoms with Crippen LogP contribution in [-0.4, -0.2) is 50.3 Å². The van der Waals surface area contributed by atoms with Gasteiger partial charge in [0.05, 0.1) is 25.6 Å². The highest BCUT2D eigenvalue weighted by atomic mass is 32.2. The van der Waals surface area contributed by atoms with Gasteiger partial charge >= 0.3 is 0 Å². The molecule has 0 spiro atoms. The fourth-order valence-electron chi connectivity index (χ4n) is 3.63. The quantitative estimate of drug-likeness (QED) is 0.470. The first-order valence-electron chi connectivity index (χ1n) is 10.5. The van der Waals surface area contributed by atoms with Crippen LogP contribution in [0, 0.1) is 5.82 Å². The van der Waals surface area contributed by atoms with Crippen molar-refractivity contribution in [1.29, 1.82) is 0 Å². The van der Waals surface area contributed by atoms with Crippen molar-refractivity contribution in [3.05, 3.63) is 84.0 Å². The van der Waals surface area contributed by atoms with Gasteiger partial charge in [0.1, 0.15) is 5.82 Å². The molecular weight excluding hydrogens is 457 g/mol. The third-order valence-corrected chi connectivity index (χ3v) is 6.12. The minimum atomic E-state index is -3.72. The third kappa shape index (κ3) is 5.09. The van der Waals surface area contributed by atoms with Crippen molar-refractivity contribution >= 4 is 15.4 Å². The van der Waals surface area contributed by atoms with Gasteiger partial charge in [-0.2, -0.15) is 0 Å². The zero-order chi connectivity index (χ0) is 24.3. The van der Waals surface area contributed by atoms with Gasteiger partial charge in [0.15, 0.2) is 11.5 Å². The van der Waals surface area contributed by atoms with Crippen molar-refractivity contribution < 1.29 is 22.3 Å². The molecule has 0 radical (unpaired) electrons. The molecule has 0 atom stereocenters. The Morgan fingerprint density at radius 1 is 1.00 bits per heavy atom. The number of rotatable bonds is 7. The minimum Gasteiger partial charge on any atom is -0.493 e. The lowest BCUT2D eigenvalue weighted by Crippen LogP contribution is -2.20. The summed E-state index contributed by atoms with van der Waals surface area (Å²) in [5.41, 5.74) is 2.50. The van der Waals surface area contributed by atoms with Crippen molar-refractivity contribution in [2.45, 2.75) is 11.7 Å². The van der Waals surface area contributed by atoms with E-state index in [1.807, 2.05) is 36.6 Å². The molecule has 0 bridgehead atoms. The van der Waals surface area contributed by atoms with Crippen molar-refractivity contribution in [3.8, 4) is 22.8 Å². The summed E-state index contributed by atoms with van der Waals surface area (Å²) in [6.45, 7) is 1.24. The molecule has 4 rings (SSSR count). The smallest absolute Gasteiger partial charge is 0.247 e. The monoisotopic (exact) mass is 481 g/mol. The predicted molar refractivity (Wildman–Crippen MR) is 128 cm³/mol. The third-order valence-electron chi connectivity index (χ3n) is 5.28. The van der Waals surface area contributed by atoms with Crippen molar-refractivity contribution in [3.63, 3.8) is 0 Å². The summed E-state index contributed by atoms with van der Waals surface area (Å²) in [6, 6.07) is 13.4. The summed E-state index contributed by atoms with van der Waals surface area (Å²) in [7, 11) is -0.544. The van der Waals surface area contributed by atoms with Crippen LogP contribution in [0.3, 0.4) is 0 Å². The maximum atomic E-state index is 14.4. The lowest BCUT2D eigenvalue weighted by Gasteiger charge is -2.24. The maximum absolute atomic E-state index is 14.4. The normalized spacial score (nSPS) is 13.5. The van der Waals surface area contributed by atoms with Gasteiger partial charge in [-0.3, -0.25) is 0 Å². The average molecular weight is 482 g/mol. The van der Waals surface area contributed by atoms with E-state index >= 15 is 0 Å². The maximum Gasteiger partial charge on any atom is 0.247 e. The molecule has 1 aliphatic heterocycles. The number of hydrogen-bond acceptors (Lipinski definition) is 7. The number of sulfone groups is 1. The van der Waals surface area contributed by atoms with E-state index in [1.165, 1.54) is 6.07 Å². The molecule has 34 heavy (non-hydrogen) atoms. The molecule has 0 saturated heterocycles. The number of aromatic nitrogens is 2. The van der Waals surface area contributed by atoms with E-state index in [0.29, 0.717) is 35.9 Å². The highest BCUT2D eigenvalue weighted by Gasteiger charge is 2.19. The first-order valence-corrected chi connectivity index (χ1v) is 12.4. The first kappa shape index (κ1) is 23.4. The van der Waals surface area contributed by atoms with Crippen molar-refractivity contribution in [2.24, 2.45) is 0 Å². The Bertz CT molecular complexity index is 1390. The Hall–Kier alpha value is -3.72. The Morgan fingerprint density at radius 2 is 1.74 bits per heavy atom. The van der Waals surface area contributed by atoms with Crippen LogP contribution < -0.4 is 9.47 Å². The fourth-order valence-corrected chi connectivity index (χ4v) is 4.16. The molecule has 1 aliphatic rings. The minimum absolute atomic E-state index is 0.204. The number of hydrogen-bond donors (Lipinski definition) is 0. The number of benzene rings is 2. The van der Waals surface area contributed by atoms with Gasteiger partial charge in [-0.25, -0.2) is 22.8 Å². The second kappa shape index (κ2) is 9.64. The van der Waals surface area contributed by atoms with E-state index in [9.17, 15) is 12.8 Å². The number of methoxy groups -OCH3 is 2. The number of allylic oxidation sites excluding steroid dienone is 2. The van der Waals surface area contributed by atoms with E-state index in [2.05, 4.69) is 14.9 Å². The number of halogens is 1. The summed E-state index contributed by atoms with van der Waals surface area (Å²) in [5.74, 6) is 0.797. The average Bonchev–Trinajstić information content (AvgIpc) is 2.83. The molecular formula is C25H24FN3O4S. The van der Waals surface area contributed by atoms with Crippen LogP contribution in [0.25, 0.3) is 16.8 Å². The molecule has 2 aromatic carbocycles. The second-order valence-electron chi connectivity index (χ2n) is 7.78. The van der Waals surface area contributed by atoms with Crippen molar-refractivity contribution in [1.82, 2.24) is 14.9 Å². The lowest BCUT2D eigenvalue weighted by molar-refractivity contribution is 0.352. The Balaban J connectivity index is 1.71. The molecule has 2 heterocycles. The summed E-state index contributed by atoms with van der Waals surface area (Å²) in [6.07, 6.45) is 6.76. The van der Waals surface area contributed by atoms with Crippen LogP contribution >= 0.6 is 0 Å². The van der Waals surface area contributed by atoms with E-state index in [-0.39, 0.29) is 16.4 Å². The van der Waals surface area contributed by atoms with Crippen LogP contribution in [0.2, 0.25) is 0 Å². The first-order chi connectivity index (χ1) is 16.3. The molecule has 9 heteroatoms. The lowest BCUT2D eigenvalue weighted by atomic mass is 10.1. The summed E-state index contributed by atoms with van der Waals surface area (Å²) >= 11 is 0. The molecule has 7 nitrogen and oxygen atoms in total. The largest absolute Gasteiger partial charge is 0.493 e. The van der Waals surface area contributed by atoms with E-state index in [4.69, 9.17) is 9.47 Å². The van der Waals surface area contributed by atoms with Crippen LogP contribution in [-0.2, 0) is 16.4 Å². The second-order valence-corrected chi connectivity index (χ2v) is 9.69. The van der Waals surface area contributed by atoms with Crippen LogP contribution in [0.1, 0.15) is 11.3 Å². The summed E-state index contributed by atoms with van der Waals surface area (Å²) in [4.78, 5) is 10.5. The Labute approximate surface area is 198 Å². The summed E-state index contributed by atoms with van der Waals surface area (Å²) < 4.78 is 49.7. The van der Waals surface area contributed by atoms with Gasteiger partial charge in [-0.1, -0.05) is 30.4 Å². The zero-order valence-corrected chi connectivity index (χ0v) is 19.8. The standard InChI is InChI=1S/C25H24FN3O4S/c1-32-23-11-10-17(13-24(23)33-2)15-29-12-6-7-18(16-29)21-14-22(19-8-4-5-9-20(19)26)28-25(27-21)34(3,30)31/h4-11,13-14,16H,12,15H2,1-3H3. The molecule has 0 fully saturated rings. The van der Waals surface area contributed by atoms with Crippen LogP contribution in [0.15, 0.2) is 72.0 Å². The van der Waals surface area contributed by atoms with Crippen LogP contribution in [0.5, 0.6) is 11.5 Å². The van der Waals surface area contributed by atoms with E-state index in [1.54, 1.807) is 38.5 Å². The van der Waals surface area contributed by atoms with Gasteiger partial charge in [0, 0.05) is 36.7 Å². The van der Waals surface area contributed by atoms with E-state index < -0.39 is 15.7 Å². The number of ether oxygens (including phenoxy) is 2. The number of nitrogens with zero attached hydrogens (tertiary/aromatic N) is 3. The van der Waals surface area contributed by atoms with Gasteiger partial charge in [-0.15, -0.1) is 0 Å². The topological polar surface area (TPSA) is 81.6 Å². The highest BCUT2D eigenvalue weighted by molar-refractivity contribution is 7.90. The van der Waals surface area contributed by atoms with Crippen LogP contribution in [0.4, 0.5) is 4.39 Å². The van der Waals surface area contributed by atoms with E-state index in [0.717, 1.165) is 11.8 Å². The van der Waals surface area contributed by atoms with Crippen molar-refractivity contribution in [2.75, 3.05) is 27.0 Å². The molecule has 0 saturated carbocycles. The fraction of sp³-hybridized carbons (Fsp3) is 0.200. The van der Waals surface area contributed by atoms with Gasteiger partial charge < -0.3 is 14.4 Å². The zero-order valence-electron chi connectivity index (χ0n) is 19.0. The Kier molecular flexibility index (Phi) is 6.65. The predicted octanol–water partition coefficient (Wildman–Crippen LogP) is 4.12. The molecule has 0 N–H and O–H groups in total.